The second kappa shape index (κ2) is 4.37. The molecule has 3 nitrogen and oxygen atoms in total. The van der Waals surface area contributed by atoms with Crippen LogP contribution >= 0.6 is 0 Å². The number of alkyl halides is 3. The fraction of sp³-hybridized carbons (Fsp3) is 0.600. The molecule has 2 rings (SSSR count). The minimum absolute atomic E-state index is 0.232. The Labute approximate surface area is 91.1 Å². The quantitative estimate of drug-likeness (QED) is 0.802. The number of hydrogen-bond donors (Lipinski definition) is 1. The lowest BCUT2D eigenvalue weighted by Gasteiger charge is -2.21. The molecule has 0 bridgehead atoms. The van der Waals surface area contributed by atoms with Crippen LogP contribution in [-0.2, 0) is 6.18 Å². The third-order valence-corrected chi connectivity index (χ3v) is 2.72. The van der Waals surface area contributed by atoms with Crippen molar-refractivity contribution < 1.29 is 13.2 Å². The van der Waals surface area contributed by atoms with Crippen molar-refractivity contribution in [3.63, 3.8) is 0 Å². The first kappa shape index (κ1) is 11.3. The van der Waals surface area contributed by atoms with Gasteiger partial charge in [0.15, 0.2) is 5.69 Å². The zero-order valence-electron chi connectivity index (χ0n) is 8.59. The predicted molar refractivity (Wildman–Crippen MR) is 51.9 cm³/mol. The number of piperidine rings is 1. The Kier molecular flexibility index (Phi) is 3.09. The van der Waals surface area contributed by atoms with Gasteiger partial charge in [0, 0.05) is 12.1 Å². The molecule has 1 saturated heterocycles. The summed E-state index contributed by atoms with van der Waals surface area (Å²) < 4.78 is 36.7. The number of rotatable bonds is 1. The molecule has 16 heavy (non-hydrogen) atoms. The third kappa shape index (κ3) is 2.49. The lowest BCUT2D eigenvalue weighted by molar-refractivity contribution is -0.141. The Morgan fingerprint density at radius 3 is 2.31 bits per heavy atom. The standard InChI is InChI=1S/C10H12F3N3/c11-10(12,13)9-6-15-8(5-16-9)7-1-3-14-4-2-7/h5-7,14H,1-4H2. The van der Waals surface area contributed by atoms with Gasteiger partial charge in [-0.05, 0) is 25.9 Å². The van der Waals surface area contributed by atoms with Crippen LogP contribution in [0.5, 0.6) is 0 Å². The van der Waals surface area contributed by atoms with Gasteiger partial charge >= 0.3 is 6.18 Å². The maximum absolute atomic E-state index is 12.2. The molecule has 0 spiro atoms. The van der Waals surface area contributed by atoms with E-state index in [0.29, 0.717) is 5.69 Å². The van der Waals surface area contributed by atoms with Crippen molar-refractivity contribution in [1.82, 2.24) is 15.3 Å². The van der Waals surface area contributed by atoms with Crippen LogP contribution in [-0.4, -0.2) is 23.1 Å². The topological polar surface area (TPSA) is 37.8 Å². The zero-order valence-corrected chi connectivity index (χ0v) is 8.59. The van der Waals surface area contributed by atoms with E-state index in [2.05, 4.69) is 15.3 Å². The fourth-order valence-electron chi connectivity index (χ4n) is 1.81. The first-order valence-electron chi connectivity index (χ1n) is 5.17. The molecule has 1 N–H and O–H groups in total. The maximum atomic E-state index is 12.2. The molecule has 0 atom stereocenters. The van der Waals surface area contributed by atoms with Gasteiger partial charge in [-0.25, -0.2) is 4.98 Å². The van der Waals surface area contributed by atoms with E-state index in [1.807, 2.05) is 0 Å². The third-order valence-electron chi connectivity index (χ3n) is 2.72. The summed E-state index contributed by atoms with van der Waals surface area (Å²) in [4.78, 5) is 7.28. The van der Waals surface area contributed by atoms with Gasteiger partial charge in [0.05, 0.1) is 11.9 Å². The van der Waals surface area contributed by atoms with Crippen LogP contribution in [0.15, 0.2) is 12.4 Å². The summed E-state index contributed by atoms with van der Waals surface area (Å²) >= 11 is 0. The lowest BCUT2D eigenvalue weighted by Crippen LogP contribution is -2.27. The highest BCUT2D eigenvalue weighted by molar-refractivity contribution is 5.10. The average Bonchev–Trinajstić information content (AvgIpc) is 2.29. The summed E-state index contributed by atoms with van der Waals surface area (Å²) in [6, 6.07) is 0. The monoisotopic (exact) mass is 231 g/mol. The highest BCUT2D eigenvalue weighted by Gasteiger charge is 2.33. The first-order chi connectivity index (χ1) is 7.57. The molecule has 6 heteroatoms. The molecule has 1 fully saturated rings. The van der Waals surface area contributed by atoms with Gasteiger partial charge in [-0.1, -0.05) is 0 Å². The normalized spacial score (nSPS) is 18.7. The Balaban J connectivity index is 2.12. The molecule has 1 aromatic heterocycles. The molecule has 88 valence electrons. The second-order valence-corrected chi connectivity index (χ2v) is 3.85. The number of hydrogen-bond acceptors (Lipinski definition) is 3. The number of aromatic nitrogens is 2. The molecule has 0 radical (unpaired) electrons. The minimum Gasteiger partial charge on any atom is -0.317 e. The average molecular weight is 231 g/mol. The zero-order chi connectivity index (χ0) is 11.6. The summed E-state index contributed by atoms with van der Waals surface area (Å²) in [5.41, 5.74) is -0.264. The van der Waals surface area contributed by atoms with Gasteiger partial charge < -0.3 is 5.32 Å². The number of nitrogens with zero attached hydrogens (tertiary/aromatic N) is 2. The first-order valence-corrected chi connectivity index (χ1v) is 5.17. The van der Waals surface area contributed by atoms with Gasteiger partial charge in [-0.3, -0.25) is 4.98 Å². The van der Waals surface area contributed by atoms with Crippen LogP contribution in [0.4, 0.5) is 13.2 Å². The van der Waals surface area contributed by atoms with E-state index in [-0.39, 0.29) is 5.92 Å². The van der Waals surface area contributed by atoms with Gasteiger partial charge in [-0.15, -0.1) is 0 Å². The van der Waals surface area contributed by atoms with Gasteiger partial charge in [0.1, 0.15) is 0 Å². The minimum atomic E-state index is -4.40. The largest absolute Gasteiger partial charge is 0.434 e. The van der Waals surface area contributed by atoms with E-state index in [1.54, 1.807) is 0 Å². The van der Waals surface area contributed by atoms with Crippen LogP contribution in [0.1, 0.15) is 30.1 Å². The van der Waals surface area contributed by atoms with Crippen molar-refractivity contribution in [3.05, 3.63) is 23.8 Å². The molecule has 0 aromatic carbocycles. The van der Waals surface area contributed by atoms with Crippen LogP contribution < -0.4 is 5.32 Å². The van der Waals surface area contributed by atoms with E-state index in [4.69, 9.17) is 0 Å². The Morgan fingerprint density at radius 1 is 1.12 bits per heavy atom. The second-order valence-electron chi connectivity index (χ2n) is 3.85. The summed E-state index contributed by atoms with van der Waals surface area (Å²) in [6.45, 7) is 1.76. The van der Waals surface area contributed by atoms with Gasteiger partial charge in [-0.2, -0.15) is 13.2 Å². The summed E-state index contributed by atoms with van der Waals surface area (Å²) in [7, 11) is 0. The Hall–Kier alpha value is -1.17. The maximum Gasteiger partial charge on any atom is 0.434 e. The number of halogens is 3. The smallest absolute Gasteiger partial charge is 0.317 e. The van der Waals surface area contributed by atoms with Crippen molar-refractivity contribution in [3.8, 4) is 0 Å². The van der Waals surface area contributed by atoms with Crippen LogP contribution in [0, 0.1) is 0 Å². The number of nitrogens with one attached hydrogen (secondary N) is 1. The van der Waals surface area contributed by atoms with E-state index < -0.39 is 11.9 Å². The van der Waals surface area contributed by atoms with E-state index in [1.165, 1.54) is 6.20 Å². The molecular formula is C10H12F3N3. The van der Waals surface area contributed by atoms with Gasteiger partial charge in [0.2, 0.25) is 0 Å². The SMILES string of the molecule is FC(F)(F)c1cnc(C2CCNCC2)cn1. The van der Waals surface area contributed by atoms with Crippen LogP contribution in [0.2, 0.25) is 0 Å². The molecule has 1 aliphatic heterocycles. The molecule has 0 unspecified atom stereocenters. The fourth-order valence-corrected chi connectivity index (χ4v) is 1.81. The van der Waals surface area contributed by atoms with Crippen molar-refractivity contribution >= 4 is 0 Å². The van der Waals surface area contributed by atoms with Gasteiger partial charge in [0.25, 0.3) is 0 Å². The molecule has 0 aliphatic carbocycles. The molecular weight excluding hydrogens is 219 g/mol. The lowest BCUT2D eigenvalue weighted by atomic mass is 9.95. The van der Waals surface area contributed by atoms with E-state index in [0.717, 1.165) is 32.1 Å². The molecule has 0 amide bonds. The summed E-state index contributed by atoms with van der Waals surface area (Å²) in [5, 5.41) is 3.19. The van der Waals surface area contributed by atoms with E-state index in [9.17, 15) is 13.2 Å². The van der Waals surface area contributed by atoms with E-state index >= 15 is 0 Å². The Morgan fingerprint density at radius 2 is 1.81 bits per heavy atom. The Bertz CT molecular complexity index is 341. The highest BCUT2D eigenvalue weighted by atomic mass is 19.4. The van der Waals surface area contributed by atoms with Crippen LogP contribution in [0.25, 0.3) is 0 Å². The highest BCUT2D eigenvalue weighted by Crippen LogP contribution is 2.28. The molecule has 0 saturated carbocycles. The van der Waals surface area contributed by atoms with Crippen molar-refractivity contribution in [2.75, 3.05) is 13.1 Å². The molecule has 2 heterocycles. The molecule has 1 aliphatic rings. The van der Waals surface area contributed by atoms with Crippen molar-refractivity contribution in [2.24, 2.45) is 0 Å². The van der Waals surface area contributed by atoms with Crippen LogP contribution in [0.3, 0.4) is 0 Å². The summed E-state index contributed by atoms with van der Waals surface area (Å²) in [5.74, 6) is 0.232. The summed E-state index contributed by atoms with van der Waals surface area (Å²) in [6.07, 6.45) is -0.532. The predicted octanol–water partition coefficient (Wildman–Crippen LogP) is 1.96. The van der Waals surface area contributed by atoms with Crippen molar-refractivity contribution in [2.45, 2.75) is 24.9 Å². The molecule has 1 aromatic rings. The van der Waals surface area contributed by atoms with Crippen molar-refractivity contribution in [1.29, 1.82) is 0 Å².